The number of hydrogen-bond acceptors (Lipinski definition) is 7. The third-order valence-electron chi connectivity index (χ3n) is 4.79. The maximum absolute atomic E-state index is 13.4. The molecule has 2 aromatic carbocycles. The minimum absolute atomic E-state index is 0.228. The van der Waals surface area contributed by atoms with Crippen LogP contribution in [0.3, 0.4) is 0 Å². The summed E-state index contributed by atoms with van der Waals surface area (Å²) < 4.78 is 3.36. The van der Waals surface area contributed by atoms with E-state index < -0.39 is 11.2 Å². The lowest BCUT2D eigenvalue weighted by Gasteiger charge is -2.12. The molecule has 4 aromatic rings. The summed E-state index contributed by atoms with van der Waals surface area (Å²) in [6, 6.07) is 14.6. The zero-order valence-corrected chi connectivity index (χ0v) is 20.1. The molecular weight excluding hydrogens is 464 g/mol. The molecule has 7 nitrogen and oxygen atoms in total. The fourth-order valence-corrected chi connectivity index (χ4v) is 5.16. The molecule has 164 valence electrons. The summed E-state index contributed by atoms with van der Waals surface area (Å²) in [6.07, 6.45) is 3.81. The fraction of sp³-hybridized carbons (Fsp3) is 0.182. The topological polar surface area (TPSA) is 86.0 Å². The SMILES string of the molecule is CSc1cccc(NC(=O)Cn2c(=O)n(-c3ccc(C)cc3)c(=O)c3sc(SC)nc32)c1. The van der Waals surface area contributed by atoms with Crippen LogP contribution in [0.2, 0.25) is 0 Å². The Morgan fingerprint density at radius 1 is 1.09 bits per heavy atom. The average Bonchev–Trinajstić information content (AvgIpc) is 3.23. The first-order valence-electron chi connectivity index (χ1n) is 9.62. The Hall–Kier alpha value is -2.82. The Balaban J connectivity index is 1.81. The number of benzene rings is 2. The molecule has 0 saturated carbocycles. The van der Waals surface area contributed by atoms with Crippen molar-refractivity contribution in [2.75, 3.05) is 17.8 Å². The number of amides is 1. The summed E-state index contributed by atoms with van der Waals surface area (Å²) in [5.74, 6) is -0.376. The number of aromatic nitrogens is 3. The highest BCUT2D eigenvalue weighted by molar-refractivity contribution is 8.00. The smallest absolute Gasteiger partial charge is 0.324 e. The normalized spacial score (nSPS) is 11.1. The van der Waals surface area contributed by atoms with E-state index >= 15 is 0 Å². The van der Waals surface area contributed by atoms with Crippen LogP contribution >= 0.6 is 34.9 Å². The number of carbonyl (C=O) groups is 1. The molecule has 0 aliphatic carbocycles. The molecule has 1 amide bonds. The predicted octanol–water partition coefficient (Wildman–Crippen LogP) is 4.00. The Labute approximate surface area is 196 Å². The zero-order valence-electron chi connectivity index (χ0n) is 17.6. The van der Waals surface area contributed by atoms with Crippen LogP contribution in [0.4, 0.5) is 5.69 Å². The van der Waals surface area contributed by atoms with E-state index in [1.165, 1.54) is 27.7 Å². The van der Waals surface area contributed by atoms with Gasteiger partial charge in [-0.15, -0.1) is 23.1 Å². The lowest BCUT2D eigenvalue weighted by molar-refractivity contribution is -0.116. The van der Waals surface area contributed by atoms with Crippen LogP contribution in [-0.4, -0.2) is 32.5 Å². The summed E-state index contributed by atoms with van der Waals surface area (Å²) in [5.41, 5.74) is 1.30. The van der Waals surface area contributed by atoms with E-state index in [9.17, 15) is 14.4 Å². The number of nitrogens with zero attached hydrogens (tertiary/aromatic N) is 3. The minimum Gasteiger partial charge on any atom is -0.324 e. The van der Waals surface area contributed by atoms with Crippen LogP contribution in [0, 0.1) is 6.92 Å². The molecule has 0 atom stereocenters. The summed E-state index contributed by atoms with van der Waals surface area (Å²) >= 11 is 4.18. The van der Waals surface area contributed by atoms with Gasteiger partial charge in [0.15, 0.2) is 9.99 Å². The molecule has 10 heteroatoms. The van der Waals surface area contributed by atoms with Crippen LogP contribution < -0.4 is 16.6 Å². The standard InChI is InChI=1S/C22H20N4O3S3/c1-13-7-9-15(10-8-13)26-20(28)18-19(24-21(31-3)32-18)25(22(26)29)12-17(27)23-14-5-4-6-16(11-14)30-2/h4-11H,12H2,1-3H3,(H,23,27). The van der Waals surface area contributed by atoms with Gasteiger partial charge in [-0.05, 0) is 49.8 Å². The first kappa shape index (κ1) is 22.4. The third kappa shape index (κ3) is 4.38. The van der Waals surface area contributed by atoms with Crippen molar-refractivity contribution in [2.24, 2.45) is 0 Å². The van der Waals surface area contributed by atoms with Gasteiger partial charge < -0.3 is 5.32 Å². The van der Waals surface area contributed by atoms with E-state index in [1.807, 2.05) is 49.8 Å². The lowest BCUT2D eigenvalue weighted by atomic mass is 10.2. The molecular formula is C22H20N4O3S3. The van der Waals surface area contributed by atoms with Gasteiger partial charge in [0, 0.05) is 10.6 Å². The highest BCUT2D eigenvalue weighted by atomic mass is 32.2. The van der Waals surface area contributed by atoms with E-state index in [2.05, 4.69) is 10.3 Å². The average molecular weight is 485 g/mol. The van der Waals surface area contributed by atoms with Gasteiger partial charge in [-0.2, -0.15) is 0 Å². The Morgan fingerprint density at radius 2 is 1.84 bits per heavy atom. The van der Waals surface area contributed by atoms with Crippen LogP contribution in [0.15, 0.2) is 67.4 Å². The molecule has 32 heavy (non-hydrogen) atoms. The van der Waals surface area contributed by atoms with Gasteiger partial charge in [0.25, 0.3) is 5.56 Å². The van der Waals surface area contributed by atoms with Crippen molar-refractivity contribution in [3.05, 3.63) is 74.9 Å². The van der Waals surface area contributed by atoms with Crippen molar-refractivity contribution >= 4 is 56.8 Å². The summed E-state index contributed by atoms with van der Waals surface area (Å²) in [6.45, 7) is 1.67. The number of aryl methyl sites for hydroxylation is 1. The molecule has 0 fully saturated rings. The van der Waals surface area contributed by atoms with E-state index in [0.29, 0.717) is 20.4 Å². The van der Waals surface area contributed by atoms with E-state index in [4.69, 9.17) is 0 Å². The molecule has 0 bridgehead atoms. The van der Waals surface area contributed by atoms with Crippen molar-refractivity contribution < 1.29 is 4.79 Å². The third-order valence-corrected chi connectivity index (χ3v) is 7.53. The zero-order chi connectivity index (χ0) is 22.8. The van der Waals surface area contributed by atoms with Crippen molar-refractivity contribution in [1.82, 2.24) is 14.1 Å². The van der Waals surface area contributed by atoms with E-state index in [1.54, 1.807) is 30.0 Å². The quantitative estimate of drug-likeness (QED) is 0.417. The van der Waals surface area contributed by atoms with Crippen LogP contribution in [-0.2, 0) is 11.3 Å². The van der Waals surface area contributed by atoms with Gasteiger partial charge in [0.2, 0.25) is 5.91 Å². The first-order valence-corrected chi connectivity index (χ1v) is 12.9. The van der Waals surface area contributed by atoms with Gasteiger partial charge in [-0.1, -0.05) is 35.5 Å². The van der Waals surface area contributed by atoms with Crippen molar-refractivity contribution in [3.63, 3.8) is 0 Å². The number of carbonyl (C=O) groups excluding carboxylic acids is 1. The number of fused-ring (bicyclic) bond motifs is 1. The molecule has 0 aliphatic heterocycles. The van der Waals surface area contributed by atoms with E-state index in [-0.39, 0.29) is 18.1 Å². The minimum atomic E-state index is -0.600. The fourth-order valence-electron chi connectivity index (χ4n) is 3.21. The van der Waals surface area contributed by atoms with Crippen molar-refractivity contribution in [1.29, 1.82) is 0 Å². The summed E-state index contributed by atoms with van der Waals surface area (Å²) in [4.78, 5) is 44.8. The number of thiazole rings is 1. The Kier molecular flexibility index (Phi) is 6.54. The highest BCUT2D eigenvalue weighted by Crippen LogP contribution is 2.25. The molecule has 2 heterocycles. The van der Waals surface area contributed by atoms with Gasteiger partial charge >= 0.3 is 5.69 Å². The van der Waals surface area contributed by atoms with E-state index in [0.717, 1.165) is 15.0 Å². The van der Waals surface area contributed by atoms with Crippen LogP contribution in [0.25, 0.3) is 16.0 Å². The molecule has 0 aliphatic rings. The highest BCUT2D eigenvalue weighted by Gasteiger charge is 2.20. The summed E-state index contributed by atoms with van der Waals surface area (Å²) in [7, 11) is 0. The molecule has 0 radical (unpaired) electrons. The van der Waals surface area contributed by atoms with Gasteiger partial charge in [-0.25, -0.2) is 14.3 Å². The van der Waals surface area contributed by atoms with Crippen molar-refractivity contribution in [3.8, 4) is 5.69 Å². The van der Waals surface area contributed by atoms with Crippen LogP contribution in [0.5, 0.6) is 0 Å². The predicted molar refractivity (Wildman–Crippen MR) is 133 cm³/mol. The Bertz CT molecular complexity index is 1420. The molecule has 0 saturated heterocycles. The second kappa shape index (κ2) is 9.35. The maximum atomic E-state index is 13.4. The largest absolute Gasteiger partial charge is 0.337 e. The first-order chi connectivity index (χ1) is 15.4. The molecule has 4 rings (SSSR count). The molecule has 2 aromatic heterocycles. The molecule has 1 N–H and O–H groups in total. The number of nitrogens with one attached hydrogen (secondary N) is 1. The van der Waals surface area contributed by atoms with Gasteiger partial charge in [0.1, 0.15) is 11.2 Å². The monoisotopic (exact) mass is 484 g/mol. The number of thioether (sulfide) groups is 2. The summed E-state index contributed by atoms with van der Waals surface area (Å²) in [5, 5.41) is 2.83. The number of anilines is 1. The number of rotatable bonds is 6. The number of hydrogen-bond donors (Lipinski definition) is 1. The van der Waals surface area contributed by atoms with Crippen molar-refractivity contribution in [2.45, 2.75) is 22.7 Å². The van der Waals surface area contributed by atoms with Gasteiger partial charge in [0.05, 0.1) is 5.69 Å². The second-order valence-corrected chi connectivity index (χ2v) is 9.89. The molecule has 0 unspecified atom stereocenters. The lowest BCUT2D eigenvalue weighted by Crippen LogP contribution is -2.40. The van der Waals surface area contributed by atoms with Gasteiger partial charge in [-0.3, -0.25) is 14.2 Å². The second-order valence-electron chi connectivity index (χ2n) is 6.96. The maximum Gasteiger partial charge on any atom is 0.337 e. The van der Waals surface area contributed by atoms with Crippen LogP contribution in [0.1, 0.15) is 5.56 Å². The molecule has 0 spiro atoms. The Morgan fingerprint density at radius 3 is 2.53 bits per heavy atom.